The van der Waals surface area contributed by atoms with Crippen molar-refractivity contribution in [3.05, 3.63) is 62.0 Å². The van der Waals surface area contributed by atoms with Crippen LogP contribution in [0.3, 0.4) is 0 Å². The number of primary amides is 1. The van der Waals surface area contributed by atoms with E-state index in [9.17, 15) is 20.0 Å². The monoisotopic (exact) mass is 387 g/mol. The smallest absolute Gasteiger partial charge is 0.433 e. The molecule has 27 heavy (non-hydrogen) atoms. The standard InChI is InChI=1S/C16H13N5O5S/c1-18-16-20(19-7-10-3-5-14(26-10)21(24)25)12(8-27-16)9-2-4-13(22)11(6-9)15(17)23/h2-8,22H,1H3,(H2,17,23)/b18-16?,19-7+. The third-order valence-corrected chi connectivity index (χ3v) is 4.43. The fraction of sp³-hybridized carbons (Fsp3) is 0.0625. The molecule has 2 heterocycles. The first-order valence-corrected chi connectivity index (χ1v) is 8.34. The number of nitro groups is 1. The van der Waals surface area contributed by atoms with E-state index in [0.717, 1.165) is 0 Å². The fourth-order valence-corrected chi connectivity index (χ4v) is 3.08. The highest BCUT2D eigenvalue weighted by atomic mass is 32.1. The number of hydrogen-bond acceptors (Lipinski definition) is 8. The van der Waals surface area contributed by atoms with Gasteiger partial charge in [-0.2, -0.15) is 5.10 Å². The number of aromatic nitrogens is 1. The quantitative estimate of drug-likeness (QED) is 0.390. The number of hydrogen-bond donors (Lipinski definition) is 2. The number of amides is 1. The van der Waals surface area contributed by atoms with Crippen LogP contribution in [0.1, 0.15) is 16.1 Å². The average Bonchev–Trinajstić information content (AvgIpc) is 3.26. The Bertz CT molecular complexity index is 1120. The van der Waals surface area contributed by atoms with Crippen LogP contribution in [0.25, 0.3) is 11.3 Å². The molecule has 0 radical (unpaired) electrons. The fourth-order valence-electron chi connectivity index (χ4n) is 2.28. The van der Waals surface area contributed by atoms with Gasteiger partial charge in [0.1, 0.15) is 10.7 Å². The minimum Gasteiger partial charge on any atom is -0.507 e. The van der Waals surface area contributed by atoms with Crippen LogP contribution in [-0.2, 0) is 0 Å². The highest BCUT2D eigenvalue weighted by Crippen LogP contribution is 2.26. The number of furan rings is 1. The van der Waals surface area contributed by atoms with Crippen LogP contribution in [0.2, 0.25) is 0 Å². The lowest BCUT2D eigenvalue weighted by atomic mass is 10.1. The Balaban J connectivity index is 2.05. The predicted molar refractivity (Wildman–Crippen MR) is 97.8 cm³/mol. The Hall–Kier alpha value is -3.73. The van der Waals surface area contributed by atoms with Gasteiger partial charge in [0.15, 0.2) is 5.76 Å². The lowest BCUT2D eigenvalue weighted by Crippen LogP contribution is -2.13. The molecule has 0 aliphatic heterocycles. The van der Waals surface area contributed by atoms with Gasteiger partial charge in [0.05, 0.1) is 23.5 Å². The molecule has 0 aliphatic carbocycles. The van der Waals surface area contributed by atoms with Gasteiger partial charge in [0.2, 0.25) is 4.80 Å². The van der Waals surface area contributed by atoms with Crippen molar-refractivity contribution in [2.75, 3.05) is 7.05 Å². The molecular formula is C16H13N5O5S. The van der Waals surface area contributed by atoms with Crippen molar-refractivity contribution in [2.45, 2.75) is 0 Å². The van der Waals surface area contributed by atoms with Crippen LogP contribution in [-0.4, -0.2) is 33.9 Å². The van der Waals surface area contributed by atoms with Crippen LogP contribution >= 0.6 is 11.3 Å². The first-order valence-electron chi connectivity index (χ1n) is 7.46. The maximum atomic E-state index is 11.5. The molecular weight excluding hydrogens is 374 g/mol. The van der Waals surface area contributed by atoms with E-state index in [4.69, 9.17) is 10.2 Å². The Morgan fingerprint density at radius 3 is 2.81 bits per heavy atom. The number of nitrogens with zero attached hydrogens (tertiary/aromatic N) is 4. The lowest BCUT2D eigenvalue weighted by Gasteiger charge is -2.06. The van der Waals surface area contributed by atoms with Crippen molar-refractivity contribution < 1.29 is 19.2 Å². The van der Waals surface area contributed by atoms with Gasteiger partial charge in [-0.15, -0.1) is 11.3 Å². The second-order valence-electron chi connectivity index (χ2n) is 5.21. The zero-order valence-corrected chi connectivity index (χ0v) is 14.7. The van der Waals surface area contributed by atoms with Crippen LogP contribution in [0.4, 0.5) is 5.88 Å². The summed E-state index contributed by atoms with van der Waals surface area (Å²) in [5.41, 5.74) is 6.41. The second-order valence-corrected chi connectivity index (χ2v) is 6.05. The molecule has 0 saturated carbocycles. The molecule has 3 aromatic rings. The third kappa shape index (κ3) is 3.62. The van der Waals surface area contributed by atoms with Crippen molar-refractivity contribution >= 4 is 29.3 Å². The molecule has 0 saturated heterocycles. The summed E-state index contributed by atoms with van der Waals surface area (Å²) in [6.07, 6.45) is 1.31. The largest absolute Gasteiger partial charge is 0.507 e. The van der Waals surface area contributed by atoms with Gasteiger partial charge in [0, 0.05) is 18.0 Å². The number of nitrogens with two attached hydrogens (primary N) is 1. The molecule has 3 rings (SSSR count). The summed E-state index contributed by atoms with van der Waals surface area (Å²) in [4.78, 5) is 26.2. The van der Waals surface area contributed by atoms with E-state index in [0.29, 0.717) is 16.1 Å². The Labute approximate surface area is 155 Å². The van der Waals surface area contributed by atoms with Crippen molar-refractivity contribution in [1.29, 1.82) is 0 Å². The molecule has 10 nitrogen and oxygen atoms in total. The van der Waals surface area contributed by atoms with Crippen LogP contribution in [0, 0.1) is 10.1 Å². The maximum Gasteiger partial charge on any atom is 0.433 e. The number of benzene rings is 1. The highest BCUT2D eigenvalue weighted by Gasteiger charge is 2.14. The van der Waals surface area contributed by atoms with Gasteiger partial charge in [-0.3, -0.25) is 19.9 Å². The van der Waals surface area contributed by atoms with E-state index >= 15 is 0 Å². The molecule has 0 spiro atoms. The van der Waals surface area contributed by atoms with Gasteiger partial charge in [-0.1, -0.05) is 0 Å². The zero-order chi connectivity index (χ0) is 19.6. The van der Waals surface area contributed by atoms with E-state index in [1.165, 1.54) is 46.5 Å². The second kappa shape index (κ2) is 7.25. The Morgan fingerprint density at radius 1 is 1.41 bits per heavy atom. The summed E-state index contributed by atoms with van der Waals surface area (Å²) < 4.78 is 6.53. The molecule has 2 aromatic heterocycles. The lowest BCUT2D eigenvalue weighted by molar-refractivity contribution is -0.402. The van der Waals surface area contributed by atoms with Crippen LogP contribution in [0.5, 0.6) is 5.75 Å². The van der Waals surface area contributed by atoms with E-state index in [-0.39, 0.29) is 17.1 Å². The molecule has 0 aliphatic rings. The highest BCUT2D eigenvalue weighted by molar-refractivity contribution is 7.07. The first-order chi connectivity index (χ1) is 12.9. The minimum atomic E-state index is -0.761. The van der Waals surface area contributed by atoms with Crippen LogP contribution < -0.4 is 10.5 Å². The number of thiazole rings is 1. The van der Waals surface area contributed by atoms with Crippen LogP contribution in [0.15, 0.2) is 50.2 Å². The topological polar surface area (TPSA) is 149 Å². The summed E-state index contributed by atoms with van der Waals surface area (Å²) in [6.45, 7) is 0. The zero-order valence-electron chi connectivity index (χ0n) is 13.9. The summed E-state index contributed by atoms with van der Waals surface area (Å²) >= 11 is 1.30. The van der Waals surface area contributed by atoms with E-state index in [1.807, 2.05) is 0 Å². The summed E-state index contributed by atoms with van der Waals surface area (Å²) in [5, 5.41) is 26.5. The van der Waals surface area contributed by atoms with Gasteiger partial charge in [0.25, 0.3) is 5.91 Å². The van der Waals surface area contributed by atoms with E-state index in [1.54, 1.807) is 18.5 Å². The predicted octanol–water partition coefficient (Wildman–Crippen LogP) is 1.94. The van der Waals surface area contributed by atoms with Crippen molar-refractivity contribution in [3.8, 4) is 17.0 Å². The van der Waals surface area contributed by atoms with Gasteiger partial charge in [-0.25, -0.2) is 4.68 Å². The first kappa shape index (κ1) is 18.1. The summed E-state index contributed by atoms with van der Waals surface area (Å²) in [5.74, 6) is -1.18. The number of rotatable bonds is 5. The van der Waals surface area contributed by atoms with Crippen molar-refractivity contribution in [3.63, 3.8) is 0 Å². The minimum absolute atomic E-state index is 0.0223. The SMILES string of the molecule is CN=c1scc(-c2ccc(O)c(C(N)=O)c2)n1/N=C/c1ccc([N+](=O)[O-])o1. The Kier molecular flexibility index (Phi) is 4.86. The molecule has 11 heteroatoms. The van der Waals surface area contributed by atoms with Gasteiger partial charge in [-0.05, 0) is 24.3 Å². The molecule has 1 aromatic carbocycles. The normalized spacial score (nSPS) is 12.0. The average molecular weight is 387 g/mol. The number of carbonyl (C=O) groups excluding carboxylic acids is 1. The maximum absolute atomic E-state index is 11.5. The number of phenols is 1. The van der Waals surface area contributed by atoms with Gasteiger partial charge < -0.3 is 15.3 Å². The van der Waals surface area contributed by atoms with Crippen molar-refractivity contribution in [2.24, 2.45) is 15.8 Å². The molecule has 0 atom stereocenters. The summed E-state index contributed by atoms with van der Waals surface area (Å²) in [7, 11) is 1.59. The third-order valence-electron chi connectivity index (χ3n) is 3.53. The Morgan fingerprint density at radius 2 is 2.19 bits per heavy atom. The molecule has 3 N–H and O–H groups in total. The molecule has 1 amide bonds. The van der Waals surface area contributed by atoms with Crippen molar-refractivity contribution in [1.82, 2.24) is 4.68 Å². The molecule has 0 bridgehead atoms. The molecule has 138 valence electrons. The van der Waals surface area contributed by atoms with E-state index < -0.39 is 16.7 Å². The van der Waals surface area contributed by atoms with Gasteiger partial charge >= 0.3 is 5.88 Å². The number of carbonyl (C=O) groups is 1. The number of aromatic hydroxyl groups is 1. The molecule has 0 unspecified atom stereocenters. The summed E-state index contributed by atoms with van der Waals surface area (Å²) in [6, 6.07) is 7.06. The molecule has 0 fully saturated rings. The van der Waals surface area contributed by atoms with E-state index in [2.05, 4.69) is 10.1 Å².